The first kappa shape index (κ1) is 16.6. The highest BCUT2D eigenvalue weighted by Gasteiger charge is 2.50. The third kappa shape index (κ3) is 3.05. The highest BCUT2D eigenvalue weighted by molar-refractivity contribution is 6.11. The zero-order chi connectivity index (χ0) is 17.2. The van der Waals surface area contributed by atoms with Gasteiger partial charge in [0, 0.05) is 0 Å². The lowest BCUT2D eigenvalue weighted by atomic mass is 9.84. The van der Waals surface area contributed by atoms with Gasteiger partial charge in [-0.1, -0.05) is 44.2 Å². The normalized spacial score (nSPS) is 20.6. The Balaban J connectivity index is 1.77. The maximum absolute atomic E-state index is 13.7. The van der Waals surface area contributed by atoms with Crippen molar-refractivity contribution in [1.29, 1.82) is 0 Å². The Morgan fingerprint density at radius 3 is 2.38 bits per heavy atom. The lowest BCUT2D eigenvalue weighted by Crippen LogP contribution is -2.47. The summed E-state index contributed by atoms with van der Waals surface area (Å²) in [6, 6.07) is 5.05. The number of carbonyl (C=O) groups is 3. The average Bonchev–Trinajstić information content (AvgIpc) is 2.76. The van der Waals surface area contributed by atoms with Crippen molar-refractivity contribution in [3.63, 3.8) is 0 Å². The molecule has 5 nitrogen and oxygen atoms in total. The number of imide groups is 1. The van der Waals surface area contributed by atoms with Crippen LogP contribution in [0.5, 0.6) is 0 Å². The average molecular weight is 332 g/mol. The molecule has 3 rings (SSSR count). The molecule has 2 aliphatic rings. The monoisotopic (exact) mass is 332 g/mol. The number of Topliss-reactive ketones (excluding diaryl/α,β-unsaturated/α-hetero) is 1. The van der Waals surface area contributed by atoms with Gasteiger partial charge in [0.2, 0.25) is 0 Å². The second kappa shape index (κ2) is 6.71. The second-order valence-electron chi connectivity index (χ2n) is 6.57. The van der Waals surface area contributed by atoms with E-state index < -0.39 is 29.7 Å². The molecule has 1 saturated heterocycles. The molecule has 24 heavy (non-hydrogen) atoms. The number of halogens is 1. The second-order valence-corrected chi connectivity index (χ2v) is 6.57. The minimum Gasteiger partial charge on any atom is -0.323 e. The number of rotatable bonds is 3. The van der Waals surface area contributed by atoms with Gasteiger partial charge in [0.05, 0.1) is 12.1 Å². The van der Waals surface area contributed by atoms with Crippen LogP contribution in [0.4, 0.5) is 9.18 Å². The molecule has 0 atom stereocenters. The van der Waals surface area contributed by atoms with Crippen LogP contribution in [0, 0.1) is 5.82 Å². The Kier molecular flexibility index (Phi) is 4.64. The summed E-state index contributed by atoms with van der Waals surface area (Å²) in [5.41, 5.74) is -0.982. The molecule has 0 bridgehead atoms. The van der Waals surface area contributed by atoms with E-state index in [9.17, 15) is 18.8 Å². The minimum atomic E-state index is -0.882. The molecule has 128 valence electrons. The molecule has 1 spiro atoms. The van der Waals surface area contributed by atoms with Gasteiger partial charge in [0.25, 0.3) is 5.91 Å². The molecule has 6 heteroatoms. The van der Waals surface area contributed by atoms with Gasteiger partial charge < -0.3 is 5.32 Å². The number of nitrogens with zero attached hydrogens (tertiary/aromatic N) is 1. The Morgan fingerprint density at radius 2 is 1.71 bits per heavy atom. The fourth-order valence-electron chi connectivity index (χ4n) is 3.58. The summed E-state index contributed by atoms with van der Waals surface area (Å²) in [5, 5.41) is 2.80. The lowest BCUT2D eigenvalue weighted by Gasteiger charge is -2.28. The third-order valence-corrected chi connectivity index (χ3v) is 4.93. The smallest absolute Gasteiger partial charge is 0.323 e. The van der Waals surface area contributed by atoms with Crippen LogP contribution in [-0.2, 0) is 4.79 Å². The largest absolute Gasteiger partial charge is 0.325 e. The Hall–Kier alpha value is -2.24. The van der Waals surface area contributed by atoms with Gasteiger partial charge in [-0.15, -0.1) is 0 Å². The number of nitrogens with one attached hydrogen (secondary N) is 1. The number of hydrogen-bond donors (Lipinski definition) is 1. The van der Waals surface area contributed by atoms with Crippen LogP contribution in [0.2, 0.25) is 0 Å². The molecule has 1 aliphatic heterocycles. The molecular weight excluding hydrogens is 311 g/mol. The molecule has 0 unspecified atom stereocenters. The van der Waals surface area contributed by atoms with Crippen molar-refractivity contribution in [3.8, 4) is 0 Å². The van der Waals surface area contributed by atoms with Crippen molar-refractivity contribution in [2.75, 3.05) is 6.54 Å². The van der Waals surface area contributed by atoms with E-state index in [0.717, 1.165) is 37.0 Å². The van der Waals surface area contributed by atoms with Crippen LogP contribution < -0.4 is 5.32 Å². The van der Waals surface area contributed by atoms with Crippen molar-refractivity contribution in [3.05, 3.63) is 35.6 Å². The van der Waals surface area contributed by atoms with Crippen LogP contribution >= 0.6 is 0 Å². The fourth-order valence-corrected chi connectivity index (χ4v) is 3.58. The topological polar surface area (TPSA) is 66.5 Å². The minimum absolute atomic E-state index is 0.100. The van der Waals surface area contributed by atoms with Crippen molar-refractivity contribution >= 4 is 17.7 Å². The maximum atomic E-state index is 13.7. The van der Waals surface area contributed by atoms with Gasteiger partial charge in [-0.05, 0) is 25.0 Å². The summed E-state index contributed by atoms with van der Waals surface area (Å²) in [4.78, 5) is 38.3. The number of carbonyl (C=O) groups excluding carboxylic acids is 3. The van der Waals surface area contributed by atoms with Crippen LogP contribution in [0.3, 0.4) is 0 Å². The molecule has 0 aromatic heterocycles. The number of amides is 3. The van der Waals surface area contributed by atoms with Gasteiger partial charge in [0.1, 0.15) is 11.4 Å². The van der Waals surface area contributed by atoms with Gasteiger partial charge in [-0.3, -0.25) is 14.5 Å². The zero-order valence-corrected chi connectivity index (χ0v) is 13.5. The zero-order valence-electron chi connectivity index (χ0n) is 13.5. The van der Waals surface area contributed by atoms with E-state index in [1.807, 2.05) is 0 Å². The first-order valence-electron chi connectivity index (χ1n) is 8.45. The quantitative estimate of drug-likeness (QED) is 0.683. The van der Waals surface area contributed by atoms with E-state index in [1.165, 1.54) is 18.2 Å². The van der Waals surface area contributed by atoms with E-state index in [4.69, 9.17) is 0 Å². The van der Waals surface area contributed by atoms with Gasteiger partial charge in [0.15, 0.2) is 5.78 Å². The molecule has 1 heterocycles. The van der Waals surface area contributed by atoms with Crippen LogP contribution in [0.25, 0.3) is 0 Å². The summed E-state index contributed by atoms with van der Waals surface area (Å²) in [7, 11) is 0. The Morgan fingerprint density at radius 1 is 1.08 bits per heavy atom. The van der Waals surface area contributed by atoms with Crippen molar-refractivity contribution in [2.24, 2.45) is 0 Å². The van der Waals surface area contributed by atoms with Crippen molar-refractivity contribution in [1.82, 2.24) is 10.2 Å². The highest BCUT2D eigenvalue weighted by atomic mass is 19.1. The Bertz CT molecular complexity index is 666. The first-order chi connectivity index (χ1) is 11.5. The predicted molar refractivity (Wildman–Crippen MR) is 86.0 cm³/mol. The fraction of sp³-hybridized carbons (Fsp3) is 0.500. The molecule has 1 saturated carbocycles. The third-order valence-electron chi connectivity index (χ3n) is 4.93. The highest BCUT2D eigenvalue weighted by Crippen LogP contribution is 2.32. The number of benzene rings is 1. The summed E-state index contributed by atoms with van der Waals surface area (Å²) < 4.78 is 13.7. The molecule has 3 amide bonds. The Labute approximate surface area is 140 Å². The molecule has 1 N–H and O–H groups in total. The number of ketones is 1. The molecule has 1 aromatic carbocycles. The van der Waals surface area contributed by atoms with Crippen LogP contribution in [-0.4, -0.2) is 34.7 Å². The van der Waals surface area contributed by atoms with E-state index in [2.05, 4.69) is 5.32 Å². The van der Waals surface area contributed by atoms with Crippen LogP contribution in [0.1, 0.15) is 55.3 Å². The molecule has 1 aromatic rings. The molecular formula is C18H21FN2O3. The summed E-state index contributed by atoms with van der Waals surface area (Å²) in [5.74, 6) is -1.56. The van der Waals surface area contributed by atoms with E-state index in [1.54, 1.807) is 6.07 Å². The SMILES string of the molecule is O=C(CN1C(=O)NC2(CCCCCCC2)C1=O)c1ccccc1F. The molecule has 0 radical (unpaired) electrons. The lowest BCUT2D eigenvalue weighted by molar-refractivity contribution is -0.131. The van der Waals surface area contributed by atoms with Crippen molar-refractivity contribution < 1.29 is 18.8 Å². The predicted octanol–water partition coefficient (Wildman–Crippen LogP) is 3.04. The maximum Gasteiger partial charge on any atom is 0.325 e. The number of hydrogen-bond acceptors (Lipinski definition) is 3. The summed E-state index contributed by atoms with van der Waals surface area (Å²) in [6.07, 6.45) is 6.18. The number of urea groups is 1. The molecule has 2 fully saturated rings. The van der Waals surface area contributed by atoms with Gasteiger partial charge in [-0.2, -0.15) is 0 Å². The van der Waals surface area contributed by atoms with E-state index in [-0.39, 0.29) is 11.5 Å². The molecule has 1 aliphatic carbocycles. The summed E-state index contributed by atoms with van der Waals surface area (Å²) >= 11 is 0. The van der Waals surface area contributed by atoms with Gasteiger partial charge in [-0.25, -0.2) is 9.18 Å². The van der Waals surface area contributed by atoms with Crippen molar-refractivity contribution in [2.45, 2.75) is 50.5 Å². The van der Waals surface area contributed by atoms with E-state index >= 15 is 0 Å². The van der Waals surface area contributed by atoms with Crippen LogP contribution in [0.15, 0.2) is 24.3 Å². The van der Waals surface area contributed by atoms with Gasteiger partial charge >= 0.3 is 6.03 Å². The summed E-state index contributed by atoms with van der Waals surface area (Å²) in [6.45, 7) is -0.423. The van der Waals surface area contributed by atoms with E-state index in [0.29, 0.717) is 12.8 Å². The first-order valence-corrected chi connectivity index (χ1v) is 8.45. The standard InChI is InChI=1S/C18H21FN2O3/c19-14-9-5-4-8-13(14)15(22)12-21-16(23)18(20-17(21)24)10-6-2-1-3-7-11-18/h4-5,8-9H,1-3,6-7,10-12H2,(H,20,24).